The third kappa shape index (κ3) is 6.06. The number of halogens is 1. The Morgan fingerprint density at radius 1 is 1.24 bits per heavy atom. The Hall–Kier alpha value is -1.86. The Bertz CT molecular complexity index is 671. The van der Waals surface area contributed by atoms with Gasteiger partial charge in [0.25, 0.3) is 0 Å². The zero-order valence-corrected chi connectivity index (χ0v) is 17.8. The highest BCUT2D eigenvalue weighted by atomic mass is 19.1. The van der Waals surface area contributed by atoms with Crippen molar-refractivity contribution in [2.45, 2.75) is 38.6 Å². The second kappa shape index (κ2) is 10.8. The third-order valence-corrected chi connectivity index (χ3v) is 6.18. The van der Waals surface area contributed by atoms with Gasteiger partial charge in [-0.2, -0.15) is 0 Å². The summed E-state index contributed by atoms with van der Waals surface area (Å²) in [4.78, 5) is 6.38. The molecule has 0 atom stereocenters. The van der Waals surface area contributed by atoms with E-state index in [-0.39, 0.29) is 5.82 Å². The highest BCUT2D eigenvalue weighted by molar-refractivity contribution is 5.79. The molecule has 0 radical (unpaired) electrons. The third-order valence-electron chi connectivity index (χ3n) is 6.18. The van der Waals surface area contributed by atoms with Gasteiger partial charge in [0.05, 0.1) is 18.9 Å². The second-order valence-electron chi connectivity index (χ2n) is 8.11. The van der Waals surface area contributed by atoms with Gasteiger partial charge in [0.1, 0.15) is 5.82 Å². The fraction of sp³-hybridized carbons (Fsp3) is 0.682. The van der Waals surface area contributed by atoms with E-state index in [0.29, 0.717) is 30.9 Å². The molecular weight excluding hydrogens is 371 g/mol. The first-order valence-corrected chi connectivity index (χ1v) is 10.7. The monoisotopic (exact) mass is 406 g/mol. The van der Waals surface area contributed by atoms with Crippen LogP contribution in [0.1, 0.15) is 37.7 Å². The average Bonchev–Trinajstić information content (AvgIpc) is 3.22. The van der Waals surface area contributed by atoms with E-state index >= 15 is 0 Å². The molecule has 1 aliphatic carbocycles. The normalized spacial score (nSPS) is 19.4. The lowest BCUT2D eigenvalue weighted by Gasteiger charge is -2.30. The van der Waals surface area contributed by atoms with Crippen molar-refractivity contribution in [3.63, 3.8) is 0 Å². The maximum Gasteiger partial charge on any atom is 0.191 e. The predicted octanol–water partition coefficient (Wildman–Crippen LogP) is 2.92. The van der Waals surface area contributed by atoms with E-state index in [9.17, 15) is 4.39 Å². The Kier molecular flexibility index (Phi) is 8.12. The zero-order valence-electron chi connectivity index (χ0n) is 17.8. The first-order valence-electron chi connectivity index (χ1n) is 10.7. The molecule has 1 saturated carbocycles. The number of nitrogens with zero attached hydrogens (tertiary/aromatic N) is 2. The quantitative estimate of drug-likeness (QED) is 0.514. The molecule has 6 nitrogen and oxygen atoms in total. The molecule has 0 spiro atoms. The molecule has 0 aromatic heterocycles. The first kappa shape index (κ1) is 21.8. The van der Waals surface area contributed by atoms with E-state index in [2.05, 4.69) is 15.6 Å². The Labute approximate surface area is 173 Å². The zero-order chi connectivity index (χ0) is 20.5. The number of anilines is 1. The molecule has 1 aromatic carbocycles. The van der Waals surface area contributed by atoms with Crippen molar-refractivity contribution in [2.24, 2.45) is 10.4 Å². The largest absolute Gasteiger partial charge is 0.385 e. The summed E-state index contributed by atoms with van der Waals surface area (Å²) in [5.74, 6) is 0.574. The molecule has 7 heteroatoms. The van der Waals surface area contributed by atoms with Gasteiger partial charge in [-0.25, -0.2) is 4.39 Å². The van der Waals surface area contributed by atoms with Gasteiger partial charge in [0, 0.05) is 46.9 Å². The van der Waals surface area contributed by atoms with Gasteiger partial charge >= 0.3 is 0 Å². The van der Waals surface area contributed by atoms with Crippen molar-refractivity contribution >= 4 is 11.6 Å². The number of rotatable bonds is 8. The van der Waals surface area contributed by atoms with Gasteiger partial charge in [0.2, 0.25) is 0 Å². The number of ether oxygens (including phenoxy) is 2. The maximum atomic E-state index is 14.6. The number of guanidine groups is 1. The average molecular weight is 407 g/mol. The van der Waals surface area contributed by atoms with Crippen molar-refractivity contribution in [3.05, 3.63) is 29.6 Å². The molecule has 162 valence electrons. The van der Waals surface area contributed by atoms with E-state index in [1.54, 1.807) is 20.2 Å². The maximum absolute atomic E-state index is 14.6. The molecule has 1 saturated heterocycles. The highest BCUT2D eigenvalue weighted by Crippen LogP contribution is 2.40. The molecule has 0 amide bonds. The van der Waals surface area contributed by atoms with Crippen LogP contribution in [-0.4, -0.2) is 59.6 Å². The number of hydrogen-bond donors (Lipinski definition) is 2. The minimum absolute atomic E-state index is 0.182. The SMILES string of the molecule is CN=C(NCc1ccc(N2CCOCC2)c(F)c1)NCC1(CCOC)CCCC1. The number of methoxy groups -OCH3 is 1. The Balaban J connectivity index is 1.51. The molecule has 2 fully saturated rings. The minimum atomic E-state index is -0.182. The summed E-state index contributed by atoms with van der Waals surface area (Å²) in [5.41, 5.74) is 1.85. The van der Waals surface area contributed by atoms with E-state index in [0.717, 1.165) is 44.2 Å². The van der Waals surface area contributed by atoms with Crippen LogP contribution in [0, 0.1) is 11.2 Å². The second-order valence-corrected chi connectivity index (χ2v) is 8.11. The minimum Gasteiger partial charge on any atom is -0.385 e. The van der Waals surface area contributed by atoms with Gasteiger partial charge < -0.3 is 25.0 Å². The van der Waals surface area contributed by atoms with Crippen LogP contribution >= 0.6 is 0 Å². The number of hydrogen-bond acceptors (Lipinski definition) is 4. The highest BCUT2D eigenvalue weighted by Gasteiger charge is 2.33. The van der Waals surface area contributed by atoms with Crippen LogP contribution in [0.25, 0.3) is 0 Å². The molecule has 29 heavy (non-hydrogen) atoms. The molecule has 0 bridgehead atoms. The summed E-state index contributed by atoms with van der Waals surface area (Å²) in [6.45, 7) is 4.98. The number of morpholine rings is 1. The summed E-state index contributed by atoms with van der Waals surface area (Å²) < 4.78 is 25.3. The summed E-state index contributed by atoms with van der Waals surface area (Å²) in [5, 5.41) is 6.79. The smallest absolute Gasteiger partial charge is 0.191 e. The van der Waals surface area contributed by atoms with E-state index in [4.69, 9.17) is 9.47 Å². The standard InChI is InChI=1S/C22H35FN4O2/c1-24-21(26-17-22(9-12-28-2)7-3-4-8-22)25-16-18-5-6-20(19(23)15-18)27-10-13-29-14-11-27/h5-6,15H,3-4,7-14,16-17H2,1-2H3,(H2,24,25,26). The summed E-state index contributed by atoms with van der Waals surface area (Å²) >= 11 is 0. The molecule has 2 N–H and O–H groups in total. The van der Waals surface area contributed by atoms with Gasteiger partial charge in [0.15, 0.2) is 5.96 Å². The fourth-order valence-electron chi connectivity index (χ4n) is 4.36. The van der Waals surface area contributed by atoms with Crippen molar-refractivity contribution in [2.75, 3.05) is 58.5 Å². The molecule has 1 aliphatic heterocycles. The topological polar surface area (TPSA) is 58.1 Å². The fourth-order valence-corrected chi connectivity index (χ4v) is 4.36. The van der Waals surface area contributed by atoms with Gasteiger partial charge in [-0.15, -0.1) is 0 Å². The number of nitrogens with one attached hydrogen (secondary N) is 2. The van der Waals surface area contributed by atoms with Crippen LogP contribution in [-0.2, 0) is 16.0 Å². The van der Waals surface area contributed by atoms with Gasteiger partial charge in [-0.1, -0.05) is 18.9 Å². The van der Waals surface area contributed by atoms with E-state index < -0.39 is 0 Å². The molecule has 2 aliphatic rings. The number of benzene rings is 1. The van der Waals surface area contributed by atoms with E-state index in [1.165, 1.54) is 25.7 Å². The van der Waals surface area contributed by atoms with Crippen LogP contribution in [0.3, 0.4) is 0 Å². The molecule has 3 rings (SSSR count). The van der Waals surface area contributed by atoms with Crippen molar-refractivity contribution in [1.29, 1.82) is 0 Å². The lowest BCUT2D eigenvalue weighted by molar-refractivity contribution is 0.122. The van der Waals surface area contributed by atoms with Crippen LogP contribution in [0.4, 0.5) is 10.1 Å². The summed E-state index contributed by atoms with van der Waals surface area (Å²) in [6.07, 6.45) is 6.10. The van der Waals surface area contributed by atoms with Crippen molar-refractivity contribution < 1.29 is 13.9 Å². The number of aliphatic imine (C=N–C) groups is 1. The Morgan fingerprint density at radius 2 is 2.00 bits per heavy atom. The molecular formula is C22H35FN4O2. The first-order chi connectivity index (χ1) is 14.2. The van der Waals surface area contributed by atoms with Gasteiger partial charge in [-0.05, 0) is 42.4 Å². The van der Waals surface area contributed by atoms with Crippen LogP contribution in [0.2, 0.25) is 0 Å². The van der Waals surface area contributed by atoms with Crippen molar-refractivity contribution in [3.8, 4) is 0 Å². The van der Waals surface area contributed by atoms with Crippen LogP contribution in [0.5, 0.6) is 0 Å². The Morgan fingerprint density at radius 3 is 2.66 bits per heavy atom. The van der Waals surface area contributed by atoms with Crippen LogP contribution in [0.15, 0.2) is 23.2 Å². The molecule has 0 unspecified atom stereocenters. The van der Waals surface area contributed by atoms with Crippen LogP contribution < -0.4 is 15.5 Å². The lowest BCUT2D eigenvalue weighted by Crippen LogP contribution is -2.43. The van der Waals surface area contributed by atoms with Crippen molar-refractivity contribution in [1.82, 2.24) is 10.6 Å². The predicted molar refractivity (Wildman–Crippen MR) is 115 cm³/mol. The summed E-state index contributed by atoms with van der Waals surface area (Å²) in [6, 6.07) is 5.46. The van der Waals surface area contributed by atoms with E-state index in [1.807, 2.05) is 17.0 Å². The molecule has 1 heterocycles. The lowest BCUT2D eigenvalue weighted by atomic mass is 9.83. The molecule has 1 aromatic rings. The van der Waals surface area contributed by atoms with Gasteiger partial charge in [-0.3, -0.25) is 4.99 Å². The summed E-state index contributed by atoms with van der Waals surface area (Å²) in [7, 11) is 3.54.